The quantitative estimate of drug-likeness (QED) is 0.697. The van der Waals surface area contributed by atoms with Crippen molar-refractivity contribution in [3.05, 3.63) is 25.0 Å². The number of nitrogens with zero attached hydrogens (tertiary/aromatic N) is 8. The van der Waals surface area contributed by atoms with Gasteiger partial charge >= 0.3 is 0 Å². The minimum atomic E-state index is 0.112. The van der Waals surface area contributed by atoms with Crippen LogP contribution in [0.25, 0.3) is 17.6 Å². The van der Waals surface area contributed by atoms with Crippen molar-refractivity contribution in [3.8, 4) is 17.6 Å². The summed E-state index contributed by atoms with van der Waals surface area (Å²) in [5, 5.41) is 3.96. The van der Waals surface area contributed by atoms with Crippen molar-refractivity contribution in [3.63, 3.8) is 0 Å². The number of aryl methyl sites for hydroxylation is 1. The maximum Gasteiger partial charge on any atom is 0.257 e. The topological polar surface area (TPSA) is 113 Å². The highest BCUT2D eigenvalue weighted by Crippen LogP contribution is 2.14. The lowest BCUT2D eigenvalue weighted by Gasteiger charge is -2.05. The number of hydrogen-bond acceptors (Lipinski definition) is 7. The Morgan fingerprint density at radius 3 is 2.89 bits per heavy atom. The SMILES string of the molecule is CCn1ccnc1-c1nc(N)nc(-n2cncn2)n1. The zero-order valence-corrected chi connectivity index (χ0v) is 10.2. The van der Waals surface area contributed by atoms with Crippen LogP contribution in [0.3, 0.4) is 0 Å². The van der Waals surface area contributed by atoms with Gasteiger partial charge in [0.15, 0.2) is 5.82 Å². The third-order valence-corrected chi connectivity index (χ3v) is 2.52. The molecule has 3 heterocycles. The normalized spacial score (nSPS) is 10.8. The van der Waals surface area contributed by atoms with E-state index in [4.69, 9.17) is 5.73 Å². The van der Waals surface area contributed by atoms with E-state index in [1.807, 2.05) is 17.7 Å². The van der Waals surface area contributed by atoms with E-state index < -0.39 is 0 Å². The Kier molecular flexibility index (Phi) is 2.63. The second kappa shape index (κ2) is 4.44. The number of hydrogen-bond donors (Lipinski definition) is 1. The molecule has 0 aliphatic carbocycles. The second-order valence-electron chi connectivity index (χ2n) is 3.69. The Balaban J connectivity index is 2.13. The van der Waals surface area contributed by atoms with Crippen LogP contribution in [0.15, 0.2) is 25.0 Å². The second-order valence-corrected chi connectivity index (χ2v) is 3.69. The van der Waals surface area contributed by atoms with Crippen LogP contribution in [-0.2, 0) is 6.54 Å². The molecule has 0 saturated carbocycles. The highest BCUT2D eigenvalue weighted by atomic mass is 15.4. The molecule has 0 fully saturated rings. The van der Waals surface area contributed by atoms with Crippen LogP contribution in [0.4, 0.5) is 5.95 Å². The number of anilines is 1. The van der Waals surface area contributed by atoms with E-state index in [1.54, 1.807) is 6.20 Å². The van der Waals surface area contributed by atoms with Gasteiger partial charge in [0.05, 0.1) is 0 Å². The Morgan fingerprint density at radius 1 is 1.26 bits per heavy atom. The van der Waals surface area contributed by atoms with E-state index in [0.29, 0.717) is 17.6 Å². The molecule has 3 rings (SSSR count). The van der Waals surface area contributed by atoms with Gasteiger partial charge in [0, 0.05) is 18.9 Å². The van der Waals surface area contributed by atoms with Crippen LogP contribution in [0.2, 0.25) is 0 Å². The first-order chi connectivity index (χ1) is 9.28. The fourth-order valence-electron chi connectivity index (χ4n) is 1.67. The monoisotopic (exact) mass is 257 g/mol. The molecule has 0 atom stereocenters. The molecule has 0 aliphatic rings. The first kappa shape index (κ1) is 11.3. The van der Waals surface area contributed by atoms with Gasteiger partial charge in [-0.3, -0.25) is 0 Å². The molecule has 0 bridgehead atoms. The summed E-state index contributed by atoms with van der Waals surface area (Å²) in [6, 6.07) is 0. The Morgan fingerprint density at radius 2 is 2.16 bits per heavy atom. The lowest BCUT2D eigenvalue weighted by molar-refractivity contribution is 0.754. The van der Waals surface area contributed by atoms with E-state index in [9.17, 15) is 0 Å². The van der Waals surface area contributed by atoms with E-state index in [0.717, 1.165) is 6.54 Å². The maximum atomic E-state index is 5.70. The Labute approximate surface area is 108 Å². The zero-order valence-electron chi connectivity index (χ0n) is 10.2. The molecular formula is C10H11N9. The van der Waals surface area contributed by atoms with Crippen molar-refractivity contribution >= 4 is 5.95 Å². The van der Waals surface area contributed by atoms with Crippen LogP contribution in [0, 0.1) is 0 Å². The summed E-state index contributed by atoms with van der Waals surface area (Å²) in [5.74, 6) is 1.47. The average Bonchev–Trinajstić information content (AvgIpc) is 3.09. The molecule has 3 aromatic rings. The predicted molar refractivity (Wildman–Crippen MR) is 66.1 cm³/mol. The van der Waals surface area contributed by atoms with Crippen LogP contribution in [-0.4, -0.2) is 39.3 Å². The summed E-state index contributed by atoms with van der Waals surface area (Å²) in [5.41, 5.74) is 5.70. The molecule has 0 aliphatic heterocycles. The molecule has 9 nitrogen and oxygen atoms in total. The van der Waals surface area contributed by atoms with E-state index in [-0.39, 0.29) is 5.95 Å². The third-order valence-electron chi connectivity index (χ3n) is 2.52. The minimum absolute atomic E-state index is 0.112. The number of aromatic nitrogens is 8. The first-order valence-electron chi connectivity index (χ1n) is 5.66. The smallest absolute Gasteiger partial charge is 0.257 e. The van der Waals surface area contributed by atoms with Gasteiger partial charge in [-0.2, -0.15) is 24.7 Å². The van der Waals surface area contributed by atoms with Crippen molar-refractivity contribution in [1.29, 1.82) is 0 Å². The molecule has 0 aromatic carbocycles. The number of rotatable bonds is 3. The summed E-state index contributed by atoms with van der Waals surface area (Å²) in [4.78, 5) is 20.5. The highest BCUT2D eigenvalue weighted by molar-refractivity contribution is 5.47. The molecule has 19 heavy (non-hydrogen) atoms. The van der Waals surface area contributed by atoms with E-state index in [2.05, 4.69) is 30.0 Å². The van der Waals surface area contributed by atoms with Crippen LogP contribution in [0.5, 0.6) is 0 Å². The van der Waals surface area contributed by atoms with Crippen molar-refractivity contribution in [2.45, 2.75) is 13.5 Å². The molecule has 0 unspecified atom stereocenters. The molecule has 3 aromatic heterocycles. The van der Waals surface area contributed by atoms with Crippen LogP contribution >= 0.6 is 0 Å². The molecule has 0 saturated heterocycles. The van der Waals surface area contributed by atoms with Crippen LogP contribution < -0.4 is 5.73 Å². The molecule has 9 heteroatoms. The highest BCUT2D eigenvalue weighted by Gasteiger charge is 2.12. The summed E-state index contributed by atoms with van der Waals surface area (Å²) in [7, 11) is 0. The van der Waals surface area contributed by atoms with Crippen molar-refractivity contribution in [2.75, 3.05) is 5.73 Å². The fraction of sp³-hybridized carbons (Fsp3) is 0.200. The van der Waals surface area contributed by atoms with Crippen molar-refractivity contribution < 1.29 is 0 Å². The summed E-state index contributed by atoms with van der Waals surface area (Å²) in [6.07, 6.45) is 6.43. The van der Waals surface area contributed by atoms with Gasteiger partial charge in [-0.25, -0.2) is 9.97 Å². The molecule has 0 amide bonds. The van der Waals surface area contributed by atoms with Gasteiger partial charge in [-0.15, -0.1) is 0 Å². The summed E-state index contributed by atoms with van der Waals surface area (Å²) < 4.78 is 3.33. The predicted octanol–water partition coefficient (Wildman–Crippen LogP) is -0.0821. The first-order valence-corrected chi connectivity index (χ1v) is 5.66. The standard InChI is InChI=1S/C10H11N9/c1-2-18-4-3-13-8(18)7-15-9(11)17-10(16-7)19-6-12-5-14-19/h3-6H,2H2,1H3,(H2,11,15,16,17). The van der Waals surface area contributed by atoms with Gasteiger partial charge in [0.25, 0.3) is 5.95 Å². The third kappa shape index (κ3) is 2.01. The summed E-state index contributed by atoms with van der Waals surface area (Å²) in [6.45, 7) is 2.77. The van der Waals surface area contributed by atoms with Crippen molar-refractivity contribution in [1.82, 2.24) is 39.3 Å². The van der Waals surface area contributed by atoms with E-state index >= 15 is 0 Å². The Bertz CT molecular complexity index is 685. The van der Waals surface area contributed by atoms with Gasteiger partial charge in [-0.05, 0) is 6.92 Å². The lowest BCUT2D eigenvalue weighted by atomic mass is 10.5. The van der Waals surface area contributed by atoms with Gasteiger partial charge in [-0.1, -0.05) is 0 Å². The number of imidazole rings is 1. The fourth-order valence-corrected chi connectivity index (χ4v) is 1.67. The number of nitrogen functional groups attached to an aromatic ring is 1. The van der Waals surface area contributed by atoms with E-state index in [1.165, 1.54) is 17.3 Å². The molecule has 0 radical (unpaired) electrons. The summed E-state index contributed by atoms with van der Waals surface area (Å²) >= 11 is 0. The van der Waals surface area contributed by atoms with Crippen molar-refractivity contribution in [2.24, 2.45) is 0 Å². The molecule has 2 N–H and O–H groups in total. The largest absolute Gasteiger partial charge is 0.368 e. The zero-order chi connectivity index (χ0) is 13.2. The maximum absolute atomic E-state index is 5.70. The van der Waals surface area contributed by atoms with Gasteiger partial charge in [0.2, 0.25) is 11.8 Å². The molecular weight excluding hydrogens is 246 g/mol. The minimum Gasteiger partial charge on any atom is -0.368 e. The molecule has 96 valence electrons. The molecule has 0 spiro atoms. The lowest BCUT2D eigenvalue weighted by Crippen LogP contribution is -2.10. The van der Waals surface area contributed by atoms with Gasteiger partial charge < -0.3 is 10.3 Å². The number of nitrogens with two attached hydrogens (primary N) is 1. The Hall–Kier alpha value is -2.84. The average molecular weight is 257 g/mol. The van der Waals surface area contributed by atoms with Crippen LogP contribution in [0.1, 0.15) is 6.92 Å². The van der Waals surface area contributed by atoms with Gasteiger partial charge in [0.1, 0.15) is 12.7 Å².